The topological polar surface area (TPSA) is 15.3 Å². The quantitative estimate of drug-likeness (QED) is 0.916. The first-order valence-electron chi connectivity index (χ1n) is 7.93. The highest BCUT2D eigenvalue weighted by molar-refractivity contribution is 5.18. The van der Waals surface area contributed by atoms with Gasteiger partial charge in [-0.3, -0.25) is 4.90 Å². The van der Waals surface area contributed by atoms with Gasteiger partial charge in [-0.25, -0.2) is 8.78 Å². The van der Waals surface area contributed by atoms with Crippen molar-refractivity contribution in [3.8, 4) is 0 Å². The molecule has 21 heavy (non-hydrogen) atoms. The van der Waals surface area contributed by atoms with Crippen LogP contribution in [0, 0.1) is 17.6 Å². The molecule has 2 aliphatic rings. The van der Waals surface area contributed by atoms with E-state index < -0.39 is 11.6 Å². The van der Waals surface area contributed by atoms with Crippen molar-refractivity contribution in [3.05, 3.63) is 35.4 Å². The Morgan fingerprint density at radius 2 is 1.90 bits per heavy atom. The third-order valence-corrected chi connectivity index (χ3v) is 5.01. The molecule has 1 saturated heterocycles. The van der Waals surface area contributed by atoms with Crippen molar-refractivity contribution in [1.82, 2.24) is 10.2 Å². The molecule has 1 aromatic carbocycles. The summed E-state index contributed by atoms with van der Waals surface area (Å²) in [6, 6.07) is 4.35. The number of rotatable bonds is 4. The zero-order chi connectivity index (χ0) is 15.0. The van der Waals surface area contributed by atoms with Crippen molar-refractivity contribution in [1.29, 1.82) is 0 Å². The molecule has 3 rings (SSSR count). The Kier molecular flexibility index (Phi) is 4.02. The monoisotopic (exact) mass is 294 g/mol. The summed E-state index contributed by atoms with van der Waals surface area (Å²) in [4.78, 5) is 2.42. The van der Waals surface area contributed by atoms with Gasteiger partial charge < -0.3 is 5.32 Å². The van der Waals surface area contributed by atoms with Crippen LogP contribution in [0.5, 0.6) is 0 Å². The van der Waals surface area contributed by atoms with Gasteiger partial charge in [-0.1, -0.05) is 6.92 Å². The number of halogens is 2. The minimum absolute atomic E-state index is 0.0945. The van der Waals surface area contributed by atoms with Crippen LogP contribution in [-0.4, -0.2) is 29.6 Å². The zero-order valence-corrected chi connectivity index (χ0v) is 12.8. The third-order valence-electron chi connectivity index (χ3n) is 5.01. The molecule has 0 amide bonds. The van der Waals surface area contributed by atoms with Gasteiger partial charge in [0.15, 0.2) is 0 Å². The first kappa shape index (κ1) is 14.9. The SMILES string of the molecule is CCC1(C)CN(Cc2cc(F)cc(F)c2)C(C2CC2)CN1. The van der Waals surface area contributed by atoms with Gasteiger partial charge in [-0.15, -0.1) is 0 Å². The van der Waals surface area contributed by atoms with Crippen molar-refractivity contribution in [2.75, 3.05) is 13.1 Å². The van der Waals surface area contributed by atoms with E-state index in [4.69, 9.17) is 0 Å². The van der Waals surface area contributed by atoms with Crippen molar-refractivity contribution < 1.29 is 8.78 Å². The molecule has 0 radical (unpaired) electrons. The van der Waals surface area contributed by atoms with Gasteiger partial charge in [0.1, 0.15) is 11.6 Å². The maximum Gasteiger partial charge on any atom is 0.126 e. The number of hydrogen-bond acceptors (Lipinski definition) is 2. The normalized spacial score (nSPS) is 30.6. The fourth-order valence-electron chi connectivity index (χ4n) is 3.39. The molecule has 0 spiro atoms. The maximum atomic E-state index is 13.4. The number of benzene rings is 1. The standard InChI is InChI=1S/C17H24F2N2/c1-3-17(2)11-21(16(9-20-17)13-4-5-13)10-12-6-14(18)8-15(19)7-12/h6-8,13,16,20H,3-5,9-11H2,1-2H3. The van der Waals surface area contributed by atoms with E-state index in [1.165, 1.54) is 25.0 Å². The van der Waals surface area contributed by atoms with Gasteiger partial charge in [0.25, 0.3) is 0 Å². The fraction of sp³-hybridized carbons (Fsp3) is 0.647. The Morgan fingerprint density at radius 3 is 2.48 bits per heavy atom. The summed E-state index contributed by atoms with van der Waals surface area (Å²) in [6.45, 7) is 6.96. The molecule has 116 valence electrons. The van der Waals surface area contributed by atoms with Crippen LogP contribution in [0.15, 0.2) is 18.2 Å². The second-order valence-corrected chi connectivity index (χ2v) is 6.88. The first-order chi connectivity index (χ1) is 9.99. The van der Waals surface area contributed by atoms with E-state index in [9.17, 15) is 8.78 Å². The smallest absolute Gasteiger partial charge is 0.126 e. The lowest BCUT2D eigenvalue weighted by molar-refractivity contribution is 0.0661. The molecular formula is C17H24F2N2. The molecule has 0 bridgehead atoms. The van der Waals surface area contributed by atoms with Gasteiger partial charge in [-0.05, 0) is 49.8 Å². The minimum atomic E-state index is -0.485. The molecule has 1 aromatic rings. The van der Waals surface area contributed by atoms with E-state index in [-0.39, 0.29) is 5.54 Å². The summed E-state index contributed by atoms with van der Waals surface area (Å²) in [6.07, 6.45) is 3.62. The molecular weight excluding hydrogens is 270 g/mol. The highest BCUT2D eigenvalue weighted by Crippen LogP contribution is 2.38. The lowest BCUT2D eigenvalue weighted by Crippen LogP contribution is -2.62. The van der Waals surface area contributed by atoms with Crippen molar-refractivity contribution in [2.45, 2.75) is 51.2 Å². The average Bonchev–Trinajstić information content (AvgIpc) is 3.22. The summed E-state index contributed by atoms with van der Waals surface area (Å²) >= 11 is 0. The predicted molar refractivity (Wildman–Crippen MR) is 80.0 cm³/mol. The van der Waals surface area contributed by atoms with Crippen LogP contribution >= 0.6 is 0 Å². The molecule has 1 heterocycles. The number of hydrogen-bond donors (Lipinski definition) is 1. The molecule has 4 heteroatoms. The van der Waals surface area contributed by atoms with Crippen LogP contribution in [-0.2, 0) is 6.54 Å². The molecule has 1 aliphatic heterocycles. The van der Waals surface area contributed by atoms with Gasteiger partial charge >= 0.3 is 0 Å². The van der Waals surface area contributed by atoms with Crippen molar-refractivity contribution in [2.24, 2.45) is 5.92 Å². The second kappa shape index (κ2) is 5.65. The molecule has 2 atom stereocenters. The largest absolute Gasteiger partial charge is 0.309 e. The molecule has 1 N–H and O–H groups in total. The van der Waals surface area contributed by atoms with Crippen LogP contribution in [0.4, 0.5) is 8.78 Å². The van der Waals surface area contributed by atoms with E-state index >= 15 is 0 Å². The summed E-state index contributed by atoms with van der Waals surface area (Å²) in [7, 11) is 0. The minimum Gasteiger partial charge on any atom is -0.309 e. The van der Waals surface area contributed by atoms with Crippen LogP contribution in [0.1, 0.15) is 38.7 Å². The van der Waals surface area contributed by atoms with Crippen molar-refractivity contribution in [3.63, 3.8) is 0 Å². The molecule has 1 saturated carbocycles. The fourth-order valence-corrected chi connectivity index (χ4v) is 3.39. The molecule has 0 aromatic heterocycles. The summed E-state index contributed by atoms with van der Waals surface area (Å²) in [5.74, 6) is -0.222. The number of nitrogens with zero attached hydrogens (tertiary/aromatic N) is 1. The summed E-state index contributed by atoms with van der Waals surface area (Å²) < 4.78 is 26.8. The van der Waals surface area contributed by atoms with Gasteiger partial charge in [0.05, 0.1) is 0 Å². The highest BCUT2D eigenvalue weighted by atomic mass is 19.1. The number of nitrogens with one attached hydrogen (secondary N) is 1. The van der Waals surface area contributed by atoms with E-state index in [1.54, 1.807) is 0 Å². The Bertz CT molecular complexity index is 495. The molecule has 2 nitrogen and oxygen atoms in total. The first-order valence-corrected chi connectivity index (χ1v) is 7.93. The zero-order valence-electron chi connectivity index (χ0n) is 12.8. The Balaban J connectivity index is 1.78. The second-order valence-electron chi connectivity index (χ2n) is 6.88. The Hall–Kier alpha value is -1.00. The van der Waals surface area contributed by atoms with E-state index in [1.807, 2.05) is 0 Å². The maximum absolute atomic E-state index is 13.4. The number of piperazine rings is 1. The molecule has 2 unspecified atom stereocenters. The van der Waals surface area contributed by atoms with Crippen LogP contribution in [0.25, 0.3) is 0 Å². The van der Waals surface area contributed by atoms with Crippen molar-refractivity contribution >= 4 is 0 Å². The lowest BCUT2D eigenvalue weighted by atomic mass is 9.91. The van der Waals surface area contributed by atoms with E-state index in [0.29, 0.717) is 12.6 Å². The average molecular weight is 294 g/mol. The summed E-state index contributed by atoms with van der Waals surface area (Å²) in [5, 5.41) is 3.67. The van der Waals surface area contributed by atoms with Gasteiger partial charge in [0.2, 0.25) is 0 Å². The Labute approximate surface area is 125 Å². The Morgan fingerprint density at radius 1 is 1.24 bits per heavy atom. The van der Waals surface area contributed by atoms with Gasteiger partial charge in [0, 0.05) is 37.3 Å². The predicted octanol–water partition coefficient (Wildman–Crippen LogP) is 3.32. The highest BCUT2D eigenvalue weighted by Gasteiger charge is 2.41. The van der Waals surface area contributed by atoms with Crippen LogP contribution < -0.4 is 5.32 Å². The third kappa shape index (κ3) is 3.43. The lowest BCUT2D eigenvalue weighted by Gasteiger charge is -2.46. The van der Waals surface area contributed by atoms with E-state index in [2.05, 4.69) is 24.1 Å². The van der Waals surface area contributed by atoms with Gasteiger partial charge in [-0.2, -0.15) is 0 Å². The summed E-state index contributed by atoms with van der Waals surface area (Å²) in [5.41, 5.74) is 0.829. The van der Waals surface area contributed by atoms with E-state index in [0.717, 1.165) is 37.1 Å². The van der Waals surface area contributed by atoms with Crippen LogP contribution in [0.2, 0.25) is 0 Å². The molecule has 1 aliphatic carbocycles. The molecule has 2 fully saturated rings. The van der Waals surface area contributed by atoms with Crippen LogP contribution in [0.3, 0.4) is 0 Å².